The molecule has 0 spiro atoms. The standard InChI is InChI=1S/C33H41N3O5/c1-32(2,3)39-30(37)36(31(38)40-33(4,5)6)29-27(13-10-20-34-29)28-22-26(35-41-28)21-25-18-16-24(17-19-25)15-14-23-11-8-7-9-12-23/h10,13-20,22-23H,7-9,11-12,21H2,1-6H3/b15-14+. The summed E-state index contributed by atoms with van der Waals surface area (Å²) in [6, 6.07) is 13.6. The van der Waals surface area contributed by atoms with Gasteiger partial charge < -0.3 is 14.0 Å². The number of imide groups is 1. The molecule has 218 valence electrons. The summed E-state index contributed by atoms with van der Waals surface area (Å²) < 4.78 is 16.7. The summed E-state index contributed by atoms with van der Waals surface area (Å²) in [5.41, 5.74) is 1.71. The summed E-state index contributed by atoms with van der Waals surface area (Å²) in [7, 11) is 0. The third-order valence-corrected chi connectivity index (χ3v) is 6.55. The molecule has 0 atom stereocenters. The number of rotatable bonds is 6. The van der Waals surface area contributed by atoms with E-state index < -0.39 is 23.4 Å². The molecule has 1 saturated carbocycles. The Kier molecular flexibility index (Phi) is 9.31. The largest absolute Gasteiger partial charge is 0.443 e. The van der Waals surface area contributed by atoms with E-state index in [2.05, 4.69) is 46.6 Å². The number of allylic oxidation sites excluding steroid dienone is 1. The summed E-state index contributed by atoms with van der Waals surface area (Å²) >= 11 is 0. The maximum absolute atomic E-state index is 13.2. The van der Waals surface area contributed by atoms with Crippen molar-refractivity contribution in [2.45, 2.75) is 91.3 Å². The van der Waals surface area contributed by atoms with Gasteiger partial charge >= 0.3 is 12.2 Å². The third-order valence-electron chi connectivity index (χ3n) is 6.55. The first-order chi connectivity index (χ1) is 19.4. The molecule has 0 unspecified atom stereocenters. The van der Waals surface area contributed by atoms with Crippen LogP contribution >= 0.6 is 0 Å². The van der Waals surface area contributed by atoms with Crippen LogP contribution in [0.2, 0.25) is 0 Å². The van der Waals surface area contributed by atoms with Crippen molar-refractivity contribution in [3.8, 4) is 11.3 Å². The van der Waals surface area contributed by atoms with E-state index in [4.69, 9.17) is 14.0 Å². The van der Waals surface area contributed by atoms with Gasteiger partial charge in [-0.3, -0.25) is 0 Å². The van der Waals surface area contributed by atoms with Gasteiger partial charge in [0, 0.05) is 18.7 Å². The minimum Gasteiger partial charge on any atom is -0.443 e. The molecule has 1 aromatic carbocycles. The zero-order chi connectivity index (χ0) is 29.6. The Hall–Kier alpha value is -3.94. The van der Waals surface area contributed by atoms with E-state index in [1.54, 1.807) is 59.7 Å². The monoisotopic (exact) mass is 559 g/mol. The lowest BCUT2D eigenvalue weighted by Crippen LogP contribution is -2.44. The fraction of sp³-hybridized carbons (Fsp3) is 0.455. The number of carbonyl (C=O) groups excluding carboxylic acids is 2. The van der Waals surface area contributed by atoms with E-state index in [0.29, 0.717) is 29.4 Å². The van der Waals surface area contributed by atoms with Crippen molar-refractivity contribution in [2.75, 3.05) is 4.90 Å². The minimum atomic E-state index is -0.899. The number of nitrogens with zero attached hydrogens (tertiary/aromatic N) is 3. The van der Waals surface area contributed by atoms with Crippen LogP contribution in [0.5, 0.6) is 0 Å². The Morgan fingerprint density at radius 2 is 1.59 bits per heavy atom. The molecule has 2 aromatic heterocycles. The van der Waals surface area contributed by atoms with Crippen LogP contribution < -0.4 is 4.90 Å². The first-order valence-corrected chi connectivity index (χ1v) is 14.3. The smallest absolute Gasteiger partial charge is 0.425 e. The normalized spacial score (nSPS) is 14.7. The van der Waals surface area contributed by atoms with Gasteiger partial charge in [0.05, 0.1) is 11.3 Å². The zero-order valence-electron chi connectivity index (χ0n) is 25.0. The van der Waals surface area contributed by atoms with E-state index in [9.17, 15) is 9.59 Å². The summed E-state index contributed by atoms with van der Waals surface area (Å²) in [5, 5.41) is 4.25. The van der Waals surface area contributed by atoms with Crippen molar-refractivity contribution in [3.05, 3.63) is 71.6 Å². The molecule has 4 rings (SSSR count). The average molecular weight is 560 g/mol. The highest BCUT2D eigenvalue weighted by Gasteiger charge is 2.35. The Bertz CT molecular complexity index is 1330. The number of amides is 2. The number of aromatic nitrogens is 2. The number of hydrogen-bond acceptors (Lipinski definition) is 7. The van der Waals surface area contributed by atoms with Gasteiger partial charge in [-0.15, -0.1) is 0 Å². The first-order valence-electron chi connectivity index (χ1n) is 14.3. The first kappa shape index (κ1) is 30.0. The minimum absolute atomic E-state index is 0.0350. The van der Waals surface area contributed by atoms with Gasteiger partial charge in [-0.05, 0) is 83.6 Å². The number of anilines is 1. The number of hydrogen-bond donors (Lipinski definition) is 0. The molecule has 3 aromatic rings. The number of carbonyl (C=O) groups is 2. The van der Waals surface area contributed by atoms with Crippen molar-refractivity contribution in [3.63, 3.8) is 0 Å². The van der Waals surface area contributed by atoms with Gasteiger partial charge in [0.1, 0.15) is 11.2 Å². The van der Waals surface area contributed by atoms with Gasteiger partial charge in [0.15, 0.2) is 11.6 Å². The molecule has 0 aliphatic heterocycles. The molecule has 1 aliphatic rings. The van der Waals surface area contributed by atoms with Gasteiger partial charge in [0.2, 0.25) is 0 Å². The van der Waals surface area contributed by atoms with Crippen LogP contribution in [0.1, 0.15) is 90.5 Å². The van der Waals surface area contributed by atoms with Crippen LogP contribution in [-0.4, -0.2) is 33.5 Å². The summed E-state index contributed by atoms with van der Waals surface area (Å²) in [5.74, 6) is 1.09. The summed E-state index contributed by atoms with van der Waals surface area (Å²) in [6.07, 6.45) is 11.4. The molecule has 1 fully saturated rings. The second-order valence-electron chi connectivity index (χ2n) is 12.5. The molecule has 0 saturated heterocycles. The Labute approximate surface area is 242 Å². The maximum atomic E-state index is 13.2. The van der Waals surface area contributed by atoms with Crippen molar-refractivity contribution in [1.29, 1.82) is 0 Å². The van der Waals surface area contributed by atoms with Crippen LogP contribution in [0.4, 0.5) is 15.4 Å². The van der Waals surface area contributed by atoms with E-state index >= 15 is 0 Å². The molecule has 2 heterocycles. The van der Waals surface area contributed by atoms with E-state index in [1.807, 2.05) is 0 Å². The molecule has 8 heteroatoms. The lowest BCUT2D eigenvalue weighted by atomic mass is 9.89. The molecular weight excluding hydrogens is 518 g/mol. The number of benzene rings is 1. The molecule has 0 N–H and O–H groups in total. The highest BCUT2D eigenvalue weighted by atomic mass is 16.6. The van der Waals surface area contributed by atoms with E-state index in [1.165, 1.54) is 43.9 Å². The zero-order valence-corrected chi connectivity index (χ0v) is 25.0. The second-order valence-corrected chi connectivity index (χ2v) is 12.5. The van der Waals surface area contributed by atoms with E-state index in [0.717, 1.165) is 10.5 Å². The molecule has 2 amide bonds. The van der Waals surface area contributed by atoms with Crippen molar-refractivity contribution < 1.29 is 23.6 Å². The van der Waals surface area contributed by atoms with Crippen LogP contribution in [0.3, 0.4) is 0 Å². The van der Waals surface area contributed by atoms with Crippen LogP contribution in [0, 0.1) is 5.92 Å². The predicted octanol–water partition coefficient (Wildman–Crippen LogP) is 8.60. The SMILES string of the molecule is CC(C)(C)OC(=O)N(C(=O)OC(C)(C)C)c1ncccc1-c1cc(Cc2ccc(/C=C/C3CCCCC3)cc2)no1. The fourth-order valence-corrected chi connectivity index (χ4v) is 4.68. The molecule has 8 nitrogen and oxygen atoms in total. The van der Waals surface area contributed by atoms with Gasteiger partial charge in [-0.2, -0.15) is 4.90 Å². The highest BCUT2D eigenvalue weighted by Crippen LogP contribution is 2.32. The van der Waals surface area contributed by atoms with Gasteiger partial charge in [-0.25, -0.2) is 14.6 Å². The Balaban J connectivity index is 1.54. The molecule has 0 bridgehead atoms. The predicted molar refractivity (Wildman–Crippen MR) is 160 cm³/mol. The molecule has 41 heavy (non-hydrogen) atoms. The highest BCUT2D eigenvalue weighted by molar-refractivity contribution is 6.10. The lowest BCUT2D eigenvalue weighted by Gasteiger charge is -2.28. The maximum Gasteiger partial charge on any atom is 0.425 e. The molecule has 1 aliphatic carbocycles. The fourth-order valence-electron chi connectivity index (χ4n) is 4.68. The van der Waals surface area contributed by atoms with Crippen molar-refractivity contribution >= 4 is 24.1 Å². The number of pyridine rings is 1. The van der Waals surface area contributed by atoms with Crippen LogP contribution in [0.25, 0.3) is 17.4 Å². The van der Waals surface area contributed by atoms with Crippen LogP contribution in [-0.2, 0) is 15.9 Å². The average Bonchev–Trinajstić information content (AvgIpc) is 3.35. The van der Waals surface area contributed by atoms with Crippen LogP contribution in [0.15, 0.2) is 59.3 Å². The van der Waals surface area contributed by atoms with Gasteiger partial charge in [-0.1, -0.05) is 60.8 Å². The Morgan fingerprint density at radius 3 is 2.20 bits per heavy atom. The number of ether oxygens (including phenoxy) is 2. The topological polar surface area (TPSA) is 94.8 Å². The second kappa shape index (κ2) is 12.7. The van der Waals surface area contributed by atoms with E-state index in [-0.39, 0.29) is 5.82 Å². The molecule has 0 radical (unpaired) electrons. The summed E-state index contributed by atoms with van der Waals surface area (Å²) in [4.78, 5) is 31.5. The summed E-state index contributed by atoms with van der Waals surface area (Å²) in [6.45, 7) is 10.3. The Morgan fingerprint density at radius 1 is 0.951 bits per heavy atom. The lowest BCUT2D eigenvalue weighted by molar-refractivity contribution is 0.0429. The molecular formula is C33H41N3O5. The third kappa shape index (κ3) is 8.77. The van der Waals surface area contributed by atoms with Crippen molar-refractivity contribution in [2.24, 2.45) is 5.92 Å². The van der Waals surface area contributed by atoms with Crippen molar-refractivity contribution in [1.82, 2.24) is 10.1 Å². The quantitative estimate of drug-likeness (QED) is 0.298. The van der Waals surface area contributed by atoms with Gasteiger partial charge in [0.25, 0.3) is 0 Å².